The SMILES string of the molecule is O=C1OCCOC(=O)c2ccc(cc2)C(=O)OCCOC(=O)c2ccc(cc2)C(=O)OCCOC(=O)c2ccc(cc2)C(=O)OCCOC(=O)c2ccc1cc2. The maximum atomic E-state index is 12.4. The van der Waals surface area contributed by atoms with Crippen molar-refractivity contribution in [3.05, 3.63) is 142 Å². The Labute approximate surface area is 318 Å². The molecule has 11 rings (SSSR count). The molecule has 0 saturated carbocycles. The van der Waals surface area contributed by atoms with E-state index in [2.05, 4.69) is 0 Å². The predicted octanol–water partition coefficient (Wildman–Crippen LogP) is 4.06. The molecule has 0 amide bonds. The first-order valence-corrected chi connectivity index (χ1v) is 16.9. The summed E-state index contributed by atoms with van der Waals surface area (Å²) in [5.74, 6) is -5.88. The first kappa shape index (κ1) is 39.8. The van der Waals surface area contributed by atoms with E-state index in [0.717, 1.165) is 0 Å². The lowest BCUT2D eigenvalue weighted by Crippen LogP contribution is -2.16. The predicted molar refractivity (Wildman–Crippen MR) is 188 cm³/mol. The van der Waals surface area contributed by atoms with Crippen molar-refractivity contribution in [3.63, 3.8) is 0 Å². The number of hydrogen-bond donors (Lipinski definition) is 0. The summed E-state index contributed by atoms with van der Waals surface area (Å²) in [6.07, 6.45) is 0. The molecule has 0 unspecified atom stereocenters. The Hall–Kier alpha value is -7.36. The van der Waals surface area contributed by atoms with Gasteiger partial charge in [0.2, 0.25) is 0 Å². The molecule has 4 aromatic rings. The van der Waals surface area contributed by atoms with Crippen molar-refractivity contribution in [2.45, 2.75) is 0 Å². The molecule has 0 aromatic heterocycles. The number of carbonyl (C=O) groups excluding carboxylic acids is 8. The Bertz CT molecular complexity index is 1620. The van der Waals surface area contributed by atoms with Crippen molar-refractivity contribution in [1.82, 2.24) is 0 Å². The van der Waals surface area contributed by atoms with Crippen LogP contribution in [0.2, 0.25) is 0 Å². The summed E-state index contributed by atoms with van der Waals surface area (Å²) in [5, 5.41) is 0. The van der Waals surface area contributed by atoms with Crippen molar-refractivity contribution in [1.29, 1.82) is 0 Å². The molecule has 0 fully saturated rings. The monoisotopic (exact) mass is 768 g/mol. The number of hydrogen-bond acceptors (Lipinski definition) is 16. The van der Waals surface area contributed by atoms with Crippen LogP contribution >= 0.6 is 0 Å². The molecule has 0 spiro atoms. The van der Waals surface area contributed by atoms with E-state index < -0.39 is 47.8 Å². The fourth-order valence-electron chi connectivity index (χ4n) is 4.71. The smallest absolute Gasteiger partial charge is 0.338 e. The number of rotatable bonds is 0. The maximum Gasteiger partial charge on any atom is 0.338 e. The van der Waals surface area contributed by atoms with Crippen LogP contribution in [0.3, 0.4) is 0 Å². The number of carbonyl (C=O) groups is 8. The summed E-state index contributed by atoms with van der Waals surface area (Å²) >= 11 is 0. The van der Waals surface area contributed by atoms with Crippen LogP contribution < -0.4 is 0 Å². The summed E-state index contributed by atoms with van der Waals surface area (Å²) in [5.41, 5.74) is 0.937. The van der Waals surface area contributed by atoms with Gasteiger partial charge in [0.1, 0.15) is 52.9 Å². The van der Waals surface area contributed by atoms with Gasteiger partial charge in [-0.15, -0.1) is 0 Å². The highest BCUT2D eigenvalue weighted by molar-refractivity contribution is 5.96. The van der Waals surface area contributed by atoms with E-state index in [1.165, 1.54) is 97.1 Å². The lowest BCUT2D eigenvalue weighted by molar-refractivity contribution is 0.0260. The number of ether oxygens (including phenoxy) is 8. The van der Waals surface area contributed by atoms with E-state index in [1.54, 1.807) is 0 Å². The van der Waals surface area contributed by atoms with Gasteiger partial charge in [0, 0.05) is 0 Å². The highest BCUT2D eigenvalue weighted by Gasteiger charge is 2.17. The van der Waals surface area contributed by atoms with Crippen molar-refractivity contribution < 1.29 is 76.3 Å². The highest BCUT2D eigenvalue weighted by Crippen LogP contribution is 2.12. The minimum absolute atomic E-state index is 0.117. The van der Waals surface area contributed by atoms with Gasteiger partial charge in [0.15, 0.2) is 0 Å². The first-order valence-electron chi connectivity index (χ1n) is 16.9. The van der Waals surface area contributed by atoms with Crippen molar-refractivity contribution in [3.8, 4) is 0 Å². The molecule has 16 heteroatoms. The van der Waals surface area contributed by atoms with E-state index in [-0.39, 0.29) is 97.4 Å². The standard InChI is InChI=1S/C40H32O16/c41-33-25-1-2-26(4-3-25)34(42)50-19-20-52-36(44)28-9-11-30(12-10-28)38(46)54-23-24-56-40(48)32-15-13-31(14-16-32)39(47)55-22-21-53-37(45)29-7-5-27(6-8-29)35(43)51-18-17-49-33/h1-16H,17-24H2. The van der Waals surface area contributed by atoms with Crippen molar-refractivity contribution in [2.24, 2.45) is 0 Å². The molecule has 7 heterocycles. The lowest BCUT2D eigenvalue weighted by Gasteiger charge is -2.09. The highest BCUT2D eigenvalue weighted by atomic mass is 16.6. The zero-order valence-electron chi connectivity index (χ0n) is 29.4. The van der Waals surface area contributed by atoms with Gasteiger partial charge in [-0.25, -0.2) is 38.4 Å². The molecule has 16 nitrogen and oxygen atoms in total. The summed E-state index contributed by atoms with van der Waals surface area (Å²) in [6.45, 7) is -2.12. The van der Waals surface area contributed by atoms with E-state index >= 15 is 0 Å². The average molecular weight is 769 g/mol. The summed E-state index contributed by atoms with van der Waals surface area (Å²) in [6, 6.07) is 21.5. The Kier molecular flexibility index (Phi) is 14.0. The molecule has 0 atom stereocenters. The summed E-state index contributed by atoms with van der Waals surface area (Å²) < 4.78 is 41.0. The Morgan fingerprint density at radius 2 is 0.286 bits per heavy atom. The van der Waals surface area contributed by atoms with E-state index in [9.17, 15) is 38.4 Å². The van der Waals surface area contributed by atoms with Crippen LogP contribution in [0.25, 0.3) is 0 Å². The third-order valence-corrected chi connectivity index (χ3v) is 7.62. The molecule has 0 saturated heterocycles. The van der Waals surface area contributed by atoms with Gasteiger partial charge in [0.25, 0.3) is 0 Å². The summed E-state index contributed by atoms with van der Waals surface area (Å²) in [7, 11) is 0. The van der Waals surface area contributed by atoms with Crippen LogP contribution in [0.5, 0.6) is 0 Å². The van der Waals surface area contributed by atoms with Crippen LogP contribution in [0, 0.1) is 0 Å². The quantitative estimate of drug-likeness (QED) is 0.182. The van der Waals surface area contributed by atoms with Crippen LogP contribution in [0.15, 0.2) is 97.1 Å². The van der Waals surface area contributed by atoms with Gasteiger partial charge in [-0.05, 0) is 97.1 Å². The minimum Gasteiger partial charge on any atom is -0.458 e. The van der Waals surface area contributed by atoms with Gasteiger partial charge in [-0.2, -0.15) is 0 Å². The molecule has 0 aliphatic carbocycles. The zero-order chi connectivity index (χ0) is 39.9. The zero-order valence-corrected chi connectivity index (χ0v) is 29.4. The molecule has 56 heavy (non-hydrogen) atoms. The molecule has 7 aliphatic rings. The number of esters is 8. The Morgan fingerprint density at radius 1 is 0.196 bits per heavy atom. The maximum absolute atomic E-state index is 12.4. The van der Waals surface area contributed by atoms with Gasteiger partial charge >= 0.3 is 47.8 Å². The molecular weight excluding hydrogens is 736 g/mol. The average Bonchev–Trinajstić information content (AvgIpc) is 3.23. The van der Waals surface area contributed by atoms with Crippen LogP contribution in [-0.2, 0) is 37.9 Å². The molecule has 4 aromatic carbocycles. The second-order valence-electron chi connectivity index (χ2n) is 11.4. The fraction of sp³-hybridized carbons (Fsp3) is 0.200. The largest absolute Gasteiger partial charge is 0.458 e. The van der Waals surface area contributed by atoms with E-state index in [1.807, 2.05) is 0 Å². The molecule has 0 N–H and O–H groups in total. The lowest BCUT2D eigenvalue weighted by atomic mass is 10.1. The van der Waals surface area contributed by atoms with Crippen molar-refractivity contribution in [2.75, 3.05) is 52.9 Å². The van der Waals surface area contributed by atoms with Crippen LogP contribution in [-0.4, -0.2) is 101 Å². The molecule has 288 valence electrons. The molecule has 0 radical (unpaired) electrons. The van der Waals surface area contributed by atoms with Crippen molar-refractivity contribution >= 4 is 47.8 Å². The van der Waals surface area contributed by atoms with E-state index in [4.69, 9.17) is 37.9 Å². The Balaban J connectivity index is 1.18. The van der Waals surface area contributed by atoms with Crippen LogP contribution in [0.1, 0.15) is 82.9 Å². The van der Waals surface area contributed by atoms with Gasteiger partial charge < -0.3 is 37.9 Å². The third-order valence-electron chi connectivity index (χ3n) is 7.62. The molecular formula is C40H32O16. The molecule has 8 bridgehead atoms. The van der Waals surface area contributed by atoms with E-state index in [0.29, 0.717) is 0 Å². The molecule has 7 aliphatic heterocycles. The van der Waals surface area contributed by atoms with Gasteiger partial charge in [-0.3, -0.25) is 0 Å². The second kappa shape index (κ2) is 19.6. The Morgan fingerprint density at radius 3 is 0.375 bits per heavy atom. The minimum atomic E-state index is -0.735. The van der Waals surface area contributed by atoms with Gasteiger partial charge in [-0.1, -0.05) is 0 Å². The normalized spacial score (nSPS) is 16.0. The first-order chi connectivity index (χ1) is 27.1. The van der Waals surface area contributed by atoms with Gasteiger partial charge in [0.05, 0.1) is 44.5 Å². The topological polar surface area (TPSA) is 210 Å². The summed E-state index contributed by atoms with van der Waals surface area (Å²) in [4.78, 5) is 99.3. The van der Waals surface area contributed by atoms with Crippen LogP contribution in [0.4, 0.5) is 0 Å². The second-order valence-corrected chi connectivity index (χ2v) is 11.4. The third kappa shape index (κ3) is 11.3. The fourth-order valence-corrected chi connectivity index (χ4v) is 4.71. The number of benzene rings is 4.